The van der Waals surface area contributed by atoms with E-state index in [9.17, 15) is 4.79 Å². The SMILES string of the molecule is CC1CCc2c(sc3nc(C(C)Sc4nnnn4Cc4cccs4)[nH]c(=O)c23)C1. The van der Waals surface area contributed by atoms with E-state index in [2.05, 4.69) is 33.5 Å². The highest BCUT2D eigenvalue weighted by Crippen LogP contribution is 2.37. The van der Waals surface area contributed by atoms with Crippen molar-refractivity contribution in [3.63, 3.8) is 0 Å². The third-order valence-corrected chi connectivity index (χ3v) is 8.33. The largest absolute Gasteiger partial charge is 0.309 e. The molecule has 2 unspecified atom stereocenters. The average Bonchev–Trinajstić information content (AvgIpc) is 3.42. The van der Waals surface area contributed by atoms with Crippen LogP contribution in [0, 0.1) is 5.92 Å². The van der Waals surface area contributed by atoms with Crippen LogP contribution in [0.2, 0.25) is 0 Å². The highest BCUT2D eigenvalue weighted by atomic mass is 32.2. The van der Waals surface area contributed by atoms with Crippen LogP contribution in [0.25, 0.3) is 10.2 Å². The molecule has 0 saturated heterocycles. The van der Waals surface area contributed by atoms with Crippen LogP contribution < -0.4 is 5.56 Å². The van der Waals surface area contributed by atoms with Crippen molar-refractivity contribution in [2.24, 2.45) is 5.92 Å². The van der Waals surface area contributed by atoms with Gasteiger partial charge in [0.25, 0.3) is 5.56 Å². The first-order valence-electron chi connectivity index (χ1n) is 9.58. The first kappa shape index (κ1) is 19.0. The molecule has 2 atom stereocenters. The molecule has 0 aromatic carbocycles. The van der Waals surface area contributed by atoms with Gasteiger partial charge in [-0.1, -0.05) is 24.8 Å². The Kier molecular flexibility index (Phi) is 5.00. The Hall–Kier alpha value is -2.04. The minimum atomic E-state index is -0.0711. The van der Waals surface area contributed by atoms with Gasteiger partial charge in [0.1, 0.15) is 10.7 Å². The molecule has 10 heteroatoms. The topological polar surface area (TPSA) is 89.3 Å². The van der Waals surface area contributed by atoms with Crippen LogP contribution >= 0.6 is 34.4 Å². The van der Waals surface area contributed by atoms with Crippen LogP contribution in [0.5, 0.6) is 0 Å². The fourth-order valence-corrected chi connectivity index (χ4v) is 6.62. The van der Waals surface area contributed by atoms with Gasteiger partial charge in [-0.2, -0.15) is 0 Å². The van der Waals surface area contributed by atoms with Crippen LogP contribution in [0.1, 0.15) is 46.7 Å². The number of aromatic amines is 1. The lowest BCUT2D eigenvalue weighted by atomic mass is 9.89. The summed E-state index contributed by atoms with van der Waals surface area (Å²) in [4.78, 5) is 24.1. The first-order valence-corrected chi connectivity index (χ1v) is 12.2. The molecule has 0 saturated carbocycles. The summed E-state index contributed by atoms with van der Waals surface area (Å²) in [5.41, 5.74) is 1.19. The number of H-pyrrole nitrogens is 1. The van der Waals surface area contributed by atoms with Crippen molar-refractivity contribution < 1.29 is 0 Å². The number of aromatic nitrogens is 6. The van der Waals surface area contributed by atoms with Gasteiger partial charge in [0, 0.05) is 9.75 Å². The van der Waals surface area contributed by atoms with E-state index >= 15 is 0 Å². The number of fused-ring (bicyclic) bond motifs is 3. The van der Waals surface area contributed by atoms with Gasteiger partial charge in [-0.05, 0) is 59.5 Å². The Bertz CT molecular complexity index is 1210. The van der Waals surface area contributed by atoms with Gasteiger partial charge < -0.3 is 4.98 Å². The van der Waals surface area contributed by atoms with E-state index in [-0.39, 0.29) is 10.8 Å². The zero-order valence-electron chi connectivity index (χ0n) is 16.1. The van der Waals surface area contributed by atoms with Crippen LogP contribution in [-0.4, -0.2) is 30.2 Å². The van der Waals surface area contributed by atoms with Crippen molar-refractivity contribution in [3.8, 4) is 0 Å². The molecule has 4 aromatic heterocycles. The number of thiophene rings is 2. The van der Waals surface area contributed by atoms with Gasteiger partial charge in [-0.25, -0.2) is 9.67 Å². The molecule has 29 heavy (non-hydrogen) atoms. The molecular weight excluding hydrogens is 424 g/mol. The lowest BCUT2D eigenvalue weighted by Gasteiger charge is -2.17. The van der Waals surface area contributed by atoms with Gasteiger partial charge in [0.05, 0.1) is 17.2 Å². The second-order valence-electron chi connectivity index (χ2n) is 7.44. The lowest BCUT2D eigenvalue weighted by Crippen LogP contribution is -2.15. The third kappa shape index (κ3) is 3.64. The highest BCUT2D eigenvalue weighted by molar-refractivity contribution is 7.99. The molecule has 5 rings (SSSR count). The van der Waals surface area contributed by atoms with E-state index in [1.807, 2.05) is 18.4 Å². The Labute approximate surface area is 179 Å². The third-order valence-electron chi connectivity index (χ3n) is 5.24. The predicted octanol–water partition coefficient (Wildman–Crippen LogP) is 4.06. The number of nitrogens with zero attached hydrogens (tertiary/aromatic N) is 5. The molecule has 0 bridgehead atoms. The summed E-state index contributed by atoms with van der Waals surface area (Å²) < 4.78 is 1.79. The van der Waals surface area contributed by atoms with Crippen molar-refractivity contribution in [1.29, 1.82) is 0 Å². The zero-order chi connectivity index (χ0) is 20.0. The number of hydrogen-bond donors (Lipinski definition) is 1. The van der Waals surface area contributed by atoms with Crippen LogP contribution in [0.4, 0.5) is 0 Å². The molecule has 0 radical (unpaired) electrons. The Balaban J connectivity index is 1.43. The number of thioether (sulfide) groups is 1. The second kappa shape index (κ2) is 7.66. The quantitative estimate of drug-likeness (QED) is 0.467. The van der Waals surface area contributed by atoms with Crippen molar-refractivity contribution in [2.45, 2.75) is 50.1 Å². The fourth-order valence-electron chi connectivity index (χ4n) is 3.70. The summed E-state index contributed by atoms with van der Waals surface area (Å²) in [6.07, 6.45) is 3.16. The summed E-state index contributed by atoms with van der Waals surface area (Å²) in [6, 6.07) is 4.08. The molecule has 1 aliphatic rings. The van der Waals surface area contributed by atoms with E-state index in [0.29, 0.717) is 23.4 Å². The molecule has 7 nitrogen and oxygen atoms in total. The monoisotopic (exact) mass is 444 g/mol. The molecule has 4 aromatic rings. The number of rotatable bonds is 5. The average molecular weight is 445 g/mol. The smallest absolute Gasteiger partial charge is 0.259 e. The number of nitrogens with one attached hydrogen (secondary N) is 1. The van der Waals surface area contributed by atoms with Crippen molar-refractivity contribution >= 4 is 44.7 Å². The number of aryl methyl sites for hydroxylation is 1. The van der Waals surface area contributed by atoms with Gasteiger partial charge in [-0.3, -0.25) is 4.79 Å². The van der Waals surface area contributed by atoms with Crippen molar-refractivity contribution in [3.05, 3.63) is 49.0 Å². The second-order valence-corrected chi connectivity index (χ2v) is 10.9. The number of tetrazole rings is 1. The molecule has 4 heterocycles. The van der Waals surface area contributed by atoms with Gasteiger partial charge in [-0.15, -0.1) is 27.8 Å². The highest BCUT2D eigenvalue weighted by Gasteiger charge is 2.24. The van der Waals surface area contributed by atoms with Gasteiger partial charge in [0.2, 0.25) is 5.16 Å². The fraction of sp³-hybridized carbons (Fsp3) is 0.421. The Morgan fingerprint density at radius 2 is 2.34 bits per heavy atom. The van der Waals surface area contributed by atoms with Gasteiger partial charge >= 0.3 is 0 Å². The summed E-state index contributed by atoms with van der Waals surface area (Å²) in [7, 11) is 0. The van der Waals surface area contributed by atoms with Crippen LogP contribution in [0.15, 0.2) is 27.5 Å². The molecule has 0 spiro atoms. The molecule has 1 aliphatic carbocycles. The lowest BCUT2D eigenvalue weighted by molar-refractivity contribution is 0.509. The number of hydrogen-bond acceptors (Lipinski definition) is 8. The standard InChI is InChI=1S/C19H20N6OS3/c1-10-5-6-13-14(8-10)29-18-15(13)17(26)20-16(21-18)11(2)28-19-22-23-24-25(19)9-12-4-3-7-27-12/h3-4,7,10-11H,5-6,8-9H2,1-2H3,(H,20,21,26). The van der Waals surface area contributed by atoms with Crippen molar-refractivity contribution in [2.75, 3.05) is 0 Å². The molecule has 0 amide bonds. The summed E-state index contributed by atoms with van der Waals surface area (Å²) >= 11 is 4.86. The van der Waals surface area contributed by atoms with Crippen LogP contribution in [0.3, 0.4) is 0 Å². The van der Waals surface area contributed by atoms with E-state index < -0.39 is 0 Å². The van der Waals surface area contributed by atoms with Gasteiger partial charge in [0.15, 0.2) is 0 Å². The molecule has 150 valence electrons. The van der Waals surface area contributed by atoms with E-state index in [1.54, 1.807) is 27.4 Å². The molecule has 1 N–H and O–H groups in total. The molecule has 0 aliphatic heterocycles. The first-order chi connectivity index (χ1) is 14.1. The normalized spacial score (nSPS) is 17.5. The maximum Gasteiger partial charge on any atom is 0.259 e. The summed E-state index contributed by atoms with van der Waals surface area (Å²) in [6.45, 7) is 4.93. The predicted molar refractivity (Wildman–Crippen MR) is 117 cm³/mol. The molecular formula is C19H20N6OS3. The zero-order valence-corrected chi connectivity index (χ0v) is 18.5. The van der Waals surface area contributed by atoms with E-state index in [4.69, 9.17) is 4.98 Å². The summed E-state index contributed by atoms with van der Waals surface area (Å²) in [5.74, 6) is 1.34. The minimum absolute atomic E-state index is 0.0253. The minimum Gasteiger partial charge on any atom is -0.309 e. The van der Waals surface area contributed by atoms with E-state index in [0.717, 1.165) is 29.5 Å². The van der Waals surface area contributed by atoms with E-state index in [1.165, 1.54) is 27.1 Å². The Morgan fingerprint density at radius 3 is 3.17 bits per heavy atom. The van der Waals surface area contributed by atoms with Crippen LogP contribution in [-0.2, 0) is 19.4 Å². The Morgan fingerprint density at radius 1 is 1.45 bits per heavy atom. The van der Waals surface area contributed by atoms with Crippen molar-refractivity contribution in [1.82, 2.24) is 30.2 Å². The maximum absolute atomic E-state index is 12.9. The maximum atomic E-state index is 12.9. The summed E-state index contributed by atoms with van der Waals surface area (Å²) in [5, 5.41) is 15.6. The molecule has 0 fully saturated rings.